The van der Waals surface area contributed by atoms with Crippen molar-refractivity contribution >= 4 is 24.3 Å². The minimum absolute atomic E-state index is 0. The first-order valence-electron chi connectivity index (χ1n) is 6.13. The maximum Gasteiger partial charge on any atom is 0.328 e. The number of carbonyl (C=O) groups excluding carboxylic acids is 2. The second kappa shape index (κ2) is 7.59. The zero-order chi connectivity index (χ0) is 12.9. The van der Waals surface area contributed by atoms with Crippen LogP contribution in [0.3, 0.4) is 0 Å². The third kappa shape index (κ3) is 4.14. The number of methoxy groups -OCH3 is 1. The standard InChI is InChI=1S/C12H22N2O3.ClH/c1-4-9(10(15)17-3)14-11(16)12(2)6-5-7-13-8-12;/h9,13H,4-8H2,1-3H3,(H,14,16);1H. The van der Waals surface area contributed by atoms with Crippen LogP contribution < -0.4 is 10.6 Å². The minimum atomic E-state index is -0.536. The molecule has 0 radical (unpaired) electrons. The zero-order valence-corrected chi connectivity index (χ0v) is 12.1. The van der Waals surface area contributed by atoms with E-state index in [2.05, 4.69) is 15.4 Å². The van der Waals surface area contributed by atoms with Crippen LogP contribution in [0.1, 0.15) is 33.1 Å². The molecule has 1 aliphatic heterocycles. The molecule has 0 saturated carbocycles. The van der Waals surface area contributed by atoms with Gasteiger partial charge in [-0.25, -0.2) is 4.79 Å². The van der Waals surface area contributed by atoms with E-state index in [-0.39, 0.29) is 24.3 Å². The van der Waals surface area contributed by atoms with Gasteiger partial charge in [-0.05, 0) is 32.7 Å². The van der Waals surface area contributed by atoms with E-state index in [0.29, 0.717) is 13.0 Å². The van der Waals surface area contributed by atoms with Gasteiger partial charge in [-0.1, -0.05) is 6.92 Å². The number of rotatable bonds is 4. The van der Waals surface area contributed by atoms with Crippen molar-refractivity contribution in [3.63, 3.8) is 0 Å². The Labute approximate surface area is 114 Å². The van der Waals surface area contributed by atoms with Crippen LogP contribution in [0.25, 0.3) is 0 Å². The molecule has 106 valence electrons. The van der Waals surface area contributed by atoms with E-state index in [1.165, 1.54) is 7.11 Å². The molecule has 0 aromatic carbocycles. The van der Waals surface area contributed by atoms with Gasteiger partial charge in [-0.2, -0.15) is 0 Å². The lowest BCUT2D eigenvalue weighted by Crippen LogP contribution is -2.52. The molecule has 2 atom stereocenters. The monoisotopic (exact) mass is 278 g/mol. The van der Waals surface area contributed by atoms with E-state index in [4.69, 9.17) is 0 Å². The van der Waals surface area contributed by atoms with Gasteiger partial charge in [0.15, 0.2) is 0 Å². The summed E-state index contributed by atoms with van der Waals surface area (Å²) < 4.78 is 4.66. The normalized spacial score (nSPS) is 24.6. The van der Waals surface area contributed by atoms with E-state index < -0.39 is 11.5 Å². The quantitative estimate of drug-likeness (QED) is 0.749. The Morgan fingerprint density at radius 2 is 2.17 bits per heavy atom. The number of hydrogen-bond acceptors (Lipinski definition) is 4. The summed E-state index contributed by atoms with van der Waals surface area (Å²) in [6.07, 6.45) is 2.38. The first-order valence-corrected chi connectivity index (χ1v) is 6.13. The molecule has 18 heavy (non-hydrogen) atoms. The summed E-state index contributed by atoms with van der Waals surface area (Å²) in [6.45, 7) is 5.40. The lowest BCUT2D eigenvalue weighted by Gasteiger charge is -2.33. The number of amides is 1. The van der Waals surface area contributed by atoms with Gasteiger partial charge < -0.3 is 15.4 Å². The highest BCUT2D eigenvalue weighted by Crippen LogP contribution is 2.25. The molecule has 1 heterocycles. The van der Waals surface area contributed by atoms with E-state index >= 15 is 0 Å². The predicted molar refractivity (Wildman–Crippen MR) is 71.7 cm³/mol. The van der Waals surface area contributed by atoms with Gasteiger partial charge in [0.05, 0.1) is 12.5 Å². The van der Waals surface area contributed by atoms with Crippen molar-refractivity contribution in [1.29, 1.82) is 0 Å². The Kier molecular flexibility index (Phi) is 7.25. The van der Waals surface area contributed by atoms with Crippen molar-refractivity contribution < 1.29 is 14.3 Å². The molecule has 1 fully saturated rings. The number of piperidine rings is 1. The Hall–Kier alpha value is -0.810. The van der Waals surface area contributed by atoms with Crippen molar-refractivity contribution in [2.24, 2.45) is 5.41 Å². The molecule has 0 bridgehead atoms. The first-order chi connectivity index (χ1) is 8.03. The molecule has 1 saturated heterocycles. The molecule has 1 amide bonds. The van der Waals surface area contributed by atoms with Crippen LogP contribution in [0.4, 0.5) is 0 Å². The van der Waals surface area contributed by atoms with Crippen LogP contribution in [-0.2, 0) is 14.3 Å². The number of halogens is 1. The van der Waals surface area contributed by atoms with Crippen LogP contribution in [0.2, 0.25) is 0 Å². The number of esters is 1. The molecular formula is C12H23ClN2O3. The number of carbonyl (C=O) groups is 2. The highest BCUT2D eigenvalue weighted by molar-refractivity contribution is 5.88. The highest BCUT2D eigenvalue weighted by atomic mass is 35.5. The van der Waals surface area contributed by atoms with Crippen molar-refractivity contribution in [2.75, 3.05) is 20.2 Å². The van der Waals surface area contributed by atoms with Crippen LogP contribution in [0.15, 0.2) is 0 Å². The molecular weight excluding hydrogens is 256 g/mol. The molecule has 0 spiro atoms. The minimum Gasteiger partial charge on any atom is -0.467 e. The number of hydrogen-bond donors (Lipinski definition) is 2. The Bertz CT molecular complexity index is 291. The largest absolute Gasteiger partial charge is 0.467 e. The van der Waals surface area contributed by atoms with E-state index in [9.17, 15) is 9.59 Å². The van der Waals surface area contributed by atoms with Crippen LogP contribution in [0.5, 0.6) is 0 Å². The van der Waals surface area contributed by atoms with Crippen LogP contribution in [-0.4, -0.2) is 38.1 Å². The fourth-order valence-electron chi connectivity index (χ4n) is 2.05. The third-order valence-electron chi connectivity index (χ3n) is 3.34. The second-order valence-corrected chi connectivity index (χ2v) is 4.80. The highest BCUT2D eigenvalue weighted by Gasteiger charge is 2.36. The maximum absolute atomic E-state index is 12.2. The molecule has 5 nitrogen and oxygen atoms in total. The SMILES string of the molecule is CCC(NC(=O)C1(C)CCCNC1)C(=O)OC.Cl. The van der Waals surface area contributed by atoms with E-state index in [1.54, 1.807) is 0 Å². The van der Waals surface area contributed by atoms with Crippen molar-refractivity contribution in [2.45, 2.75) is 39.2 Å². The summed E-state index contributed by atoms with van der Waals surface area (Å²) in [5.74, 6) is -0.449. The molecule has 1 aliphatic rings. The van der Waals surface area contributed by atoms with Crippen LogP contribution in [0, 0.1) is 5.41 Å². The van der Waals surface area contributed by atoms with Gasteiger partial charge in [0.25, 0.3) is 0 Å². The molecule has 2 N–H and O–H groups in total. The smallest absolute Gasteiger partial charge is 0.328 e. The summed E-state index contributed by atoms with van der Waals surface area (Å²) in [6, 6.07) is -0.536. The third-order valence-corrected chi connectivity index (χ3v) is 3.34. The molecule has 0 aromatic rings. The average molecular weight is 279 g/mol. The fourth-order valence-corrected chi connectivity index (χ4v) is 2.05. The Morgan fingerprint density at radius 3 is 2.61 bits per heavy atom. The maximum atomic E-state index is 12.2. The van der Waals surface area contributed by atoms with Gasteiger partial charge in [-0.15, -0.1) is 12.4 Å². The number of ether oxygens (including phenoxy) is 1. The predicted octanol–water partition coefficient (Wildman–Crippen LogP) is 0.866. The fraction of sp³-hybridized carbons (Fsp3) is 0.833. The zero-order valence-electron chi connectivity index (χ0n) is 11.2. The summed E-state index contributed by atoms with van der Waals surface area (Å²) in [7, 11) is 1.33. The first kappa shape index (κ1) is 17.2. The van der Waals surface area contributed by atoms with E-state index in [1.807, 2.05) is 13.8 Å². The lowest BCUT2D eigenvalue weighted by atomic mass is 9.81. The summed E-state index contributed by atoms with van der Waals surface area (Å²) in [5.41, 5.74) is -0.417. The van der Waals surface area contributed by atoms with Gasteiger partial charge >= 0.3 is 5.97 Å². The molecule has 6 heteroatoms. The van der Waals surface area contributed by atoms with Crippen molar-refractivity contribution in [1.82, 2.24) is 10.6 Å². The Morgan fingerprint density at radius 1 is 1.50 bits per heavy atom. The Balaban J connectivity index is 0.00000289. The van der Waals surface area contributed by atoms with Gasteiger partial charge in [0, 0.05) is 6.54 Å². The summed E-state index contributed by atoms with van der Waals surface area (Å²) >= 11 is 0. The van der Waals surface area contributed by atoms with Crippen molar-refractivity contribution in [3.8, 4) is 0 Å². The van der Waals surface area contributed by atoms with E-state index in [0.717, 1.165) is 19.4 Å². The summed E-state index contributed by atoms with van der Waals surface area (Å²) in [5, 5.41) is 5.99. The van der Waals surface area contributed by atoms with Crippen LogP contribution >= 0.6 is 12.4 Å². The molecule has 0 aromatic heterocycles. The van der Waals surface area contributed by atoms with Gasteiger partial charge in [0.2, 0.25) is 5.91 Å². The molecule has 1 rings (SSSR count). The summed E-state index contributed by atoms with van der Waals surface area (Å²) in [4.78, 5) is 23.6. The topological polar surface area (TPSA) is 67.4 Å². The van der Waals surface area contributed by atoms with Gasteiger partial charge in [0.1, 0.15) is 6.04 Å². The molecule has 2 unspecified atom stereocenters. The van der Waals surface area contributed by atoms with Gasteiger partial charge in [-0.3, -0.25) is 4.79 Å². The second-order valence-electron chi connectivity index (χ2n) is 4.80. The average Bonchev–Trinajstić information content (AvgIpc) is 2.35. The van der Waals surface area contributed by atoms with Crippen molar-refractivity contribution in [3.05, 3.63) is 0 Å². The lowest BCUT2D eigenvalue weighted by molar-refractivity contribution is -0.146. The number of nitrogens with one attached hydrogen (secondary N) is 2. The molecule has 0 aliphatic carbocycles.